The number of pyridine rings is 2. The molecule has 2 aromatic carbocycles. The summed E-state index contributed by atoms with van der Waals surface area (Å²) in [5.74, 6) is 1.69. The van der Waals surface area contributed by atoms with Crippen molar-refractivity contribution in [2.24, 2.45) is 4.99 Å². The molecule has 2 aromatic heterocycles. The van der Waals surface area contributed by atoms with Crippen LogP contribution in [-0.4, -0.2) is 121 Å². The number of thiocarbonyl (C=S) groups is 2. The van der Waals surface area contributed by atoms with E-state index in [1.54, 1.807) is 26.0 Å². The second kappa shape index (κ2) is 38.5. The van der Waals surface area contributed by atoms with Crippen LogP contribution in [0, 0.1) is 12.4 Å². The number of anilines is 2. The van der Waals surface area contributed by atoms with Gasteiger partial charge in [-0.3, -0.25) is 19.5 Å². The Balaban J connectivity index is 0. The van der Waals surface area contributed by atoms with E-state index in [1.807, 2.05) is 88.4 Å². The molecule has 0 bridgehead atoms. The number of benzene rings is 2. The maximum absolute atomic E-state index is 11.6. The van der Waals surface area contributed by atoms with E-state index in [9.17, 15) is 26.4 Å². The van der Waals surface area contributed by atoms with E-state index in [0.29, 0.717) is 65.5 Å². The number of nitrogens with two attached hydrogens (primary N) is 1. The summed E-state index contributed by atoms with van der Waals surface area (Å²) in [7, 11) is -5.05. The first-order chi connectivity index (χ1) is 31.1. The summed E-state index contributed by atoms with van der Waals surface area (Å²) in [6.45, 7) is 7.96. The average Bonchev–Trinajstić information content (AvgIpc) is 3.27. The fourth-order valence-electron chi connectivity index (χ4n) is 5.90. The molecule has 68 heavy (non-hydrogen) atoms. The Hall–Kier alpha value is -1.07. The Bertz CT molecular complexity index is 2370. The number of ether oxygens (including phenoxy) is 2. The van der Waals surface area contributed by atoms with Gasteiger partial charge in [0.2, 0.25) is 0 Å². The molecule has 2 aliphatic heterocycles. The number of rotatable bonds is 11. The summed E-state index contributed by atoms with van der Waals surface area (Å²) in [5.41, 5.74) is 11.6. The quantitative estimate of drug-likeness (QED) is 0.0473. The van der Waals surface area contributed by atoms with Crippen molar-refractivity contribution in [3.05, 3.63) is 108 Å². The summed E-state index contributed by atoms with van der Waals surface area (Å²) in [5, 5.41) is 4.86. The predicted molar refractivity (Wildman–Crippen MR) is 295 cm³/mol. The standard InChI is InChI=1S/C21H25N3O4S2.C16H19N3O2S.C4H5NO2S.CH2I.CH3.2HI.3V/c1-2-28-21(25)14-20(29)23-19-5-3-4-18(22-19)17-8-6-16(7-9-17)15-24-10-12-30(26,27)13-11-24;17-16-3-1-2-15(18-16)14-6-4-13(5-7-14)12-19-8-10-22(20,21)11-9-19;1-2-7-4(6)5-3-8;1-2;;;;;;/h3-9H,2,10-15H2,1H3,(H,22,23,29);1-7H,8-12H2,(H2,17,18);2H2,1H3;1H2;1H3;2*1H;;;/q;;;2*-1;;;;;+2/p-2. The zero-order valence-electron chi connectivity index (χ0n) is 37.7. The van der Waals surface area contributed by atoms with Crippen LogP contribution in [0.15, 0.2) is 89.9 Å². The van der Waals surface area contributed by atoms with Crippen LogP contribution < -0.4 is 11.1 Å². The van der Waals surface area contributed by atoms with Gasteiger partial charge in [-0.05, 0) is 61.5 Å². The second-order valence-electron chi connectivity index (χ2n) is 13.6. The summed E-state index contributed by atoms with van der Waals surface area (Å²) in [6, 6.07) is 27.4. The van der Waals surface area contributed by atoms with Crippen molar-refractivity contribution in [2.45, 2.75) is 33.4 Å². The molecule has 3 N–H and O–H groups in total. The Kier molecular flexibility index (Phi) is 39.1. The van der Waals surface area contributed by atoms with E-state index in [0.717, 1.165) is 41.2 Å². The first-order valence-electron chi connectivity index (χ1n) is 19.7. The number of nitrogens with one attached hydrogen (secondary N) is 1. The molecule has 2 fully saturated rings. The Morgan fingerprint density at radius 1 is 0.765 bits per heavy atom. The third-order valence-electron chi connectivity index (χ3n) is 8.99. The van der Waals surface area contributed by atoms with Gasteiger partial charge in [-0.25, -0.2) is 31.6 Å². The van der Waals surface area contributed by atoms with Gasteiger partial charge in [0.25, 0.3) is 0 Å². The van der Waals surface area contributed by atoms with E-state index in [-0.39, 0.29) is 79.9 Å². The molecular formula is C43H54I3N7O8S4V3-2. The molecule has 371 valence electrons. The number of carbonyl (C=O) groups excluding carboxylic acids is 2. The maximum Gasteiger partial charge on any atom is 0 e. The van der Waals surface area contributed by atoms with Gasteiger partial charge >= 0.3 is 61.5 Å². The minimum Gasteiger partial charge on any atom is 0 e. The van der Waals surface area contributed by atoms with Gasteiger partial charge in [0.05, 0.1) is 64.2 Å². The number of hydrogen-bond acceptors (Lipinski definition) is 15. The van der Waals surface area contributed by atoms with Crippen LogP contribution in [0.1, 0.15) is 31.4 Å². The van der Waals surface area contributed by atoms with Crippen molar-refractivity contribution in [1.82, 2.24) is 19.8 Å². The van der Waals surface area contributed by atoms with E-state index in [2.05, 4.69) is 104 Å². The molecule has 0 atom stereocenters. The number of hydrogen-bond donors (Lipinski definition) is 2. The zero-order valence-corrected chi connectivity index (χ0v) is 51.6. The fraction of sp³-hybridized carbons (Fsp3) is 0.349. The molecule has 0 unspecified atom stereocenters. The molecule has 4 heterocycles. The van der Waals surface area contributed by atoms with Crippen molar-refractivity contribution in [3.8, 4) is 22.5 Å². The van der Waals surface area contributed by atoms with Gasteiger partial charge in [-0.15, -0.1) is 4.99 Å². The van der Waals surface area contributed by atoms with Crippen molar-refractivity contribution in [1.29, 1.82) is 0 Å². The Morgan fingerprint density at radius 3 is 1.57 bits per heavy atom. The number of sulfone groups is 2. The van der Waals surface area contributed by atoms with Gasteiger partial charge in [0.1, 0.15) is 11.6 Å². The van der Waals surface area contributed by atoms with Crippen LogP contribution >= 0.6 is 87.0 Å². The number of esters is 1. The van der Waals surface area contributed by atoms with Crippen LogP contribution in [0.5, 0.6) is 0 Å². The summed E-state index contributed by atoms with van der Waals surface area (Å²) in [6.07, 6.45) is -0.663. The van der Waals surface area contributed by atoms with E-state index in [4.69, 9.17) is 22.7 Å². The topological polar surface area (TPSA) is 204 Å². The summed E-state index contributed by atoms with van der Waals surface area (Å²) < 4.78 is 55.2. The number of carbonyl (C=O) groups is 2. The zero-order chi connectivity index (χ0) is 48.3. The molecule has 2 aliphatic rings. The molecule has 0 saturated carbocycles. The normalized spacial score (nSPS) is 14.1. The molecule has 2 saturated heterocycles. The van der Waals surface area contributed by atoms with Gasteiger partial charge < -0.3 is 50.5 Å². The van der Waals surface area contributed by atoms with Crippen molar-refractivity contribution >= 4 is 141 Å². The molecule has 25 heteroatoms. The minimum absolute atomic E-state index is 0. The van der Waals surface area contributed by atoms with E-state index in [1.165, 1.54) is 5.56 Å². The largest absolute Gasteiger partial charge is 0 e. The van der Waals surface area contributed by atoms with Crippen LogP contribution in [0.3, 0.4) is 0 Å². The molecule has 0 spiro atoms. The van der Waals surface area contributed by atoms with Crippen LogP contribution in [0.25, 0.3) is 22.5 Å². The van der Waals surface area contributed by atoms with Crippen molar-refractivity contribution in [3.63, 3.8) is 0 Å². The SMILES string of the molecule is CCOC(=O)CC(=S)Nc1cccc(-c2ccc(CN3CCS(=O)(=O)CC3)cc2)n1.CCOC(=O)N=C=S.Nc1cccc(-c2ccc(CN3CCS(=O)(=O)CC3)cc2)n1.[CH2-]I.[CH3-].[I][V][I].[V].[V]. The van der Waals surface area contributed by atoms with Gasteiger partial charge in [0, 0.05) is 87.5 Å². The third-order valence-corrected chi connectivity index (χ3v) is 12.5. The Morgan fingerprint density at radius 2 is 1.18 bits per heavy atom. The number of aromatic nitrogens is 2. The number of aliphatic imine (C=N–C) groups is 1. The third kappa shape index (κ3) is 28.8. The number of nitrogens with zero attached hydrogens (tertiary/aromatic N) is 5. The predicted octanol–water partition coefficient (Wildman–Crippen LogP) is 8.91. The molecule has 6 rings (SSSR count). The van der Waals surface area contributed by atoms with Gasteiger partial charge in [0.15, 0.2) is 19.7 Å². The maximum atomic E-state index is 11.6. The van der Waals surface area contributed by atoms with E-state index < -0.39 is 25.8 Å². The van der Waals surface area contributed by atoms with Gasteiger partial charge in [-0.1, -0.05) is 72.9 Å². The first kappa shape index (κ1) is 69.0. The summed E-state index contributed by atoms with van der Waals surface area (Å²) in [4.78, 5) is 41.5. The number of isothiocyanates is 1. The average molecular weight is 1460 g/mol. The number of amides is 1. The van der Waals surface area contributed by atoms with Crippen molar-refractivity contribution in [2.75, 3.05) is 73.5 Å². The number of halogens is 3. The Labute approximate surface area is 479 Å². The van der Waals surface area contributed by atoms with Gasteiger partial charge in [-0.2, -0.15) is 0 Å². The van der Waals surface area contributed by atoms with Crippen LogP contribution in [0.4, 0.5) is 16.4 Å². The van der Waals surface area contributed by atoms with Crippen LogP contribution in [-0.2, 0) is 93.6 Å². The van der Waals surface area contributed by atoms with E-state index >= 15 is 0 Å². The number of nitrogen functional groups attached to an aromatic ring is 1. The molecular weight excluding hydrogens is 1400 g/mol. The summed E-state index contributed by atoms with van der Waals surface area (Å²) >= 11 is 16.0. The first-order valence-corrected chi connectivity index (χ1v) is 34.7. The second-order valence-corrected chi connectivity index (χ2v) is 30.7. The molecule has 4 aromatic rings. The molecule has 1 amide bonds. The minimum atomic E-state index is -2.86. The van der Waals surface area contributed by atoms with Crippen LogP contribution in [0.2, 0.25) is 0 Å². The van der Waals surface area contributed by atoms with Crippen molar-refractivity contribution < 1.29 is 82.5 Å². The molecule has 2 radical (unpaired) electrons. The fourth-order valence-corrected chi connectivity index (χ4v) is 8.75. The molecule has 15 nitrogen and oxygen atoms in total. The monoisotopic (exact) mass is 1460 g/mol. The molecule has 0 aliphatic carbocycles. The smallest absolute Gasteiger partial charge is 0 e.